The molecule has 2 aromatic heterocycles. The minimum atomic E-state index is -0.624. The maximum Gasteiger partial charge on any atom is 0.277 e. The SMILES string of the molecule is CC(C)Cn1cc(CNCC2CCN(c3ncc(C(=O)NO)cn3)CC2)c2cc(F)ccc21. The number of anilines is 1. The lowest BCUT2D eigenvalue weighted by Crippen LogP contribution is -2.38. The smallest absolute Gasteiger partial charge is 0.277 e. The fraction of sp³-hybridized carbons (Fsp3) is 0.458. The van der Waals surface area contributed by atoms with E-state index in [1.807, 2.05) is 6.07 Å². The van der Waals surface area contributed by atoms with Crippen molar-refractivity contribution >= 4 is 22.8 Å². The van der Waals surface area contributed by atoms with Gasteiger partial charge in [-0.05, 0) is 55.0 Å². The molecule has 3 N–H and O–H groups in total. The van der Waals surface area contributed by atoms with Gasteiger partial charge < -0.3 is 14.8 Å². The van der Waals surface area contributed by atoms with Crippen LogP contribution in [-0.4, -0.2) is 45.3 Å². The molecule has 0 atom stereocenters. The highest BCUT2D eigenvalue weighted by Crippen LogP contribution is 2.24. The fourth-order valence-electron chi connectivity index (χ4n) is 4.44. The molecule has 176 valence electrons. The second-order valence-corrected chi connectivity index (χ2v) is 9.14. The maximum absolute atomic E-state index is 13.9. The monoisotopic (exact) mass is 454 g/mol. The Labute approximate surface area is 192 Å². The first kappa shape index (κ1) is 23.1. The molecule has 0 spiro atoms. The highest BCUT2D eigenvalue weighted by atomic mass is 19.1. The summed E-state index contributed by atoms with van der Waals surface area (Å²) in [6.07, 6.45) is 7.01. The number of hydrogen-bond acceptors (Lipinski definition) is 6. The van der Waals surface area contributed by atoms with Crippen LogP contribution in [0.1, 0.15) is 42.6 Å². The summed E-state index contributed by atoms with van der Waals surface area (Å²) in [7, 11) is 0. The Hall–Kier alpha value is -3.04. The van der Waals surface area contributed by atoms with Crippen molar-refractivity contribution in [3.05, 3.63) is 53.7 Å². The predicted molar refractivity (Wildman–Crippen MR) is 125 cm³/mol. The van der Waals surface area contributed by atoms with Crippen LogP contribution in [0.25, 0.3) is 10.9 Å². The van der Waals surface area contributed by atoms with Gasteiger partial charge in [0.1, 0.15) is 5.82 Å². The van der Waals surface area contributed by atoms with Crippen molar-refractivity contribution < 1.29 is 14.4 Å². The number of aromatic nitrogens is 3. The summed E-state index contributed by atoms with van der Waals surface area (Å²) in [5.74, 6) is 0.827. The van der Waals surface area contributed by atoms with E-state index in [-0.39, 0.29) is 11.4 Å². The van der Waals surface area contributed by atoms with Crippen LogP contribution >= 0.6 is 0 Å². The average Bonchev–Trinajstić information content (AvgIpc) is 3.14. The lowest BCUT2D eigenvalue weighted by molar-refractivity contribution is 0.0705. The van der Waals surface area contributed by atoms with Crippen molar-refractivity contribution in [3.8, 4) is 0 Å². The van der Waals surface area contributed by atoms with Crippen molar-refractivity contribution in [2.75, 3.05) is 24.5 Å². The number of piperidine rings is 1. The highest BCUT2D eigenvalue weighted by molar-refractivity contribution is 5.92. The van der Waals surface area contributed by atoms with Gasteiger partial charge >= 0.3 is 0 Å². The Morgan fingerprint density at radius 3 is 2.64 bits per heavy atom. The molecule has 1 aromatic carbocycles. The van der Waals surface area contributed by atoms with Gasteiger partial charge in [-0.3, -0.25) is 10.0 Å². The number of halogens is 1. The van der Waals surface area contributed by atoms with Crippen LogP contribution in [0.4, 0.5) is 10.3 Å². The van der Waals surface area contributed by atoms with Crippen molar-refractivity contribution in [1.82, 2.24) is 25.3 Å². The van der Waals surface area contributed by atoms with Crippen molar-refractivity contribution in [3.63, 3.8) is 0 Å². The van der Waals surface area contributed by atoms with E-state index >= 15 is 0 Å². The first-order chi connectivity index (χ1) is 15.9. The number of amides is 1. The molecule has 0 aliphatic carbocycles. The summed E-state index contributed by atoms with van der Waals surface area (Å²) in [6.45, 7) is 8.58. The summed E-state index contributed by atoms with van der Waals surface area (Å²) < 4.78 is 16.1. The Bertz CT molecular complexity index is 1090. The largest absolute Gasteiger partial charge is 0.347 e. The summed E-state index contributed by atoms with van der Waals surface area (Å²) in [6, 6.07) is 5.04. The van der Waals surface area contributed by atoms with E-state index in [1.54, 1.807) is 11.5 Å². The van der Waals surface area contributed by atoms with Gasteiger partial charge in [-0.2, -0.15) is 0 Å². The number of carbonyl (C=O) groups is 1. The molecule has 0 unspecified atom stereocenters. The number of benzene rings is 1. The number of nitrogens with one attached hydrogen (secondary N) is 2. The van der Waals surface area contributed by atoms with Crippen LogP contribution in [0.5, 0.6) is 0 Å². The van der Waals surface area contributed by atoms with E-state index in [2.05, 4.69) is 44.8 Å². The molecule has 1 amide bonds. The molecule has 9 heteroatoms. The second kappa shape index (κ2) is 10.3. The number of hydroxylamine groups is 1. The standard InChI is InChI=1S/C24H31FN6O2/c1-16(2)14-31-15-19(21-9-20(25)3-4-22(21)31)11-26-10-17-5-7-30(8-6-17)24-27-12-18(13-28-24)23(32)29-33/h3-4,9,12-13,15-17,26,33H,5-8,10-11,14H2,1-2H3,(H,29,32). The minimum Gasteiger partial charge on any atom is -0.347 e. The third-order valence-electron chi connectivity index (χ3n) is 6.14. The first-order valence-corrected chi connectivity index (χ1v) is 11.4. The van der Waals surface area contributed by atoms with E-state index in [0.717, 1.165) is 55.5 Å². The summed E-state index contributed by atoms with van der Waals surface area (Å²) in [4.78, 5) is 22.0. The van der Waals surface area contributed by atoms with E-state index in [4.69, 9.17) is 5.21 Å². The number of carbonyl (C=O) groups excluding carboxylic acids is 1. The Morgan fingerprint density at radius 2 is 1.97 bits per heavy atom. The van der Waals surface area contributed by atoms with Crippen molar-refractivity contribution in [2.24, 2.45) is 11.8 Å². The number of fused-ring (bicyclic) bond motifs is 1. The lowest BCUT2D eigenvalue weighted by Gasteiger charge is -2.32. The molecule has 33 heavy (non-hydrogen) atoms. The summed E-state index contributed by atoms with van der Waals surface area (Å²) >= 11 is 0. The van der Waals surface area contributed by atoms with Crippen LogP contribution in [0.2, 0.25) is 0 Å². The third-order valence-corrected chi connectivity index (χ3v) is 6.14. The van der Waals surface area contributed by atoms with Crippen LogP contribution in [0.15, 0.2) is 36.8 Å². The lowest BCUT2D eigenvalue weighted by atomic mass is 9.97. The van der Waals surface area contributed by atoms with Gasteiger partial charge in [-0.15, -0.1) is 0 Å². The Kier molecular flexibility index (Phi) is 7.20. The highest BCUT2D eigenvalue weighted by Gasteiger charge is 2.21. The molecule has 4 rings (SSSR count). The fourth-order valence-corrected chi connectivity index (χ4v) is 4.44. The van der Waals surface area contributed by atoms with Crippen LogP contribution in [-0.2, 0) is 13.1 Å². The van der Waals surface area contributed by atoms with E-state index in [0.29, 0.717) is 24.3 Å². The van der Waals surface area contributed by atoms with Gasteiger partial charge in [0.15, 0.2) is 0 Å². The average molecular weight is 455 g/mol. The second-order valence-electron chi connectivity index (χ2n) is 9.14. The topological polar surface area (TPSA) is 95.3 Å². The molecule has 1 fully saturated rings. The van der Waals surface area contributed by atoms with Crippen LogP contribution in [0.3, 0.4) is 0 Å². The first-order valence-electron chi connectivity index (χ1n) is 11.4. The molecular formula is C24H31FN6O2. The molecule has 1 aliphatic rings. The number of hydrogen-bond donors (Lipinski definition) is 3. The van der Waals surface area contributed by atoms with Crippen molar-refractivity contribution in [1.29, 1.82) is 0 Å². The van der Waals surface area contributed by atoms with E-state index in [1.165, 1.54) is 18.5 Å². The molecular weight excluding hydrogens is 423 g/mol. The molecule has 8 nitrogen and oxygen atoms in total. The van der Waals surface area contributed by atoms with E-state index < -0.39 is 5.91 Å². The number of nitrogens with zero attached hydrogens (tertiary/aromatic N) is 4. The number of rotatable bonds is 8. The molecule has 1 aliphatic heterocycles. The quantitative estimate of drug-likeness (QED) is 0.357. The molecule has 0 saturated carbocycles. The zero-order valence-corrected chi connectivity index (χ0v) is 19.1. The van der Waals surface area contributed by atoms with Gasteiger partial charge in [-0.1, -0.05) is 13.8 Å². The summed E-state index contributed by atoms with van der Waals surface area (Å²) in [5, 5.41) is 13.2. The predicted octanol–water partition coefficient (Wildman–Crippen LogP) is 3.35. The third kappa shape index (κ3) is 5.48. The molecule has 3 aromatic rings. The molecule has 1 saturated heterocycles. The molecule has 0 radical (unpaired) electrons. The van der Waals surface area contributed by atoms with Crippen LogP contribution in [0, 0.1) is 17.7 Å². The van der Waals surface area contributed by atoms with Gasteiger partial charge in [0.05, 0.1) is 5.56 Å². The van der Waals surface area contributed by atoms with Gasteiger partial charge in [0.2, 0.25) is 5.95 Å². The summed E-state index contributed by atoms with van der Waals surface area (Å²) in [5.41, 5.74) is 4.01. The normalized spacial score (nSPS) is 14.9. The zero-order valence-electron chi connectivity index (χ0n) is 19.1. The van der Waals surface area contributed by atoms with Gasteiger partial charge in [-0.25, -0.2) is 19.8 Å². The van der Waals surface area contributed by atoms with E-state index in [9.17, 15) is 9.18 Å². The maximum atomic E-state index is 13.9. The molecule has 0 bridgehead atoms. The van der Waals surface area contributed by atoms with Crippen molar-refractivity contribution in [2.45, 2.75) is 39.8 Å². The van der Waals surface area contributed by atoms with Crippen LogP contribution < -0.4 is 15.7 Å². The Morgan fingerprint density at radius 1 is 1.24 bits per heavy atom. The van der Waals surface area contributed by atoms with Gasteiger partial charge in [0, 0.05) is 55.7 Å². The zero-order chi connectivity index (χ0) is 23.4. The van der Waals surface area contributed by atoms with Gasteiger partial charge in [0.25, 0.3) is 5.91 Å². The minimum absolute atomic E-state index is 0.203. The Balaban J connectivity index is 1.30. The molecule has 3 heterocycles.